The topological polar surface area (TPSA) is 84.2 Å². The van der Waals surface area contributed by atoms with E-state index in [1.165, 1.54) is 0 Å². The minimum Gasteiger partial charge on any atom is -0.329 e. The van der Waals surface area contributed by atoms with Gasteiger partial charge in [-0.3, -0.25) is 9.59 Å². The fraction of sp³-hybridized carbons (Fsp3) is 0.429. The van der Waals surface area contributed by atoms with E-state index in [0.29, 0.717) is 13.0 Å². The highest BCUT2D eigenvalue weighted by atomic mass is 16.2. The summed E-state index contributed by atoms with van der Waals surface area (Å²) in [7, 11) is 0. The van der Waals surface area contributed by atoms with Gasteiger partial charge in [-0.05, 0) is 36.6 Å². The molecule has 1 aromatic carbocycles. The van der Waals surface area contributed by atoms with Crippen molar-refractivity contribution in [2.24, 2.45) is 11.1 Å². The molecule has 19 heavy (non-hydrogen) atoms. The molecule has 1 aliphatic heterocycles. The molecule has 1 saturated carbocycles. The number of carbonyl (C=O) groups is 2. The maximum absolute atomic E-state index is 12.2. The number of hydrogen-bond donors (Lipinski definition) is 3. The van der Waals surface area contributed by atoms with Crippen LogP contribution in [0.1, 0.15) is 24.8 Å². The zero-order valence-electron chi connectivity index (χ0n) is 10.7. The van der Waals surface area contributed by atoms with Crippen molar-refractivity contribution in [2.75, 3.05) is 17.2 Å². The molecule has 0 atom stereocenters. The molecule has 100 valence electrons. The Morgan fingerprint density at radius 2 is 2.21 bits per heavy atom. The Morgan fingerprint density at radius 3 is 2.84 bits per heavy atom. The van der Waals surface area contributed by atoms with Crippen LogP contribution in [0.5, 0.6) is 0 Å². The summed E-state index contributed by atoms with van der Waals surface area (Å²) >= 11 is 0. The Morgan fingerprint density at radius 1 is 1.42 bits per heavy atom. The molecule has 0 radical (unpaired) electrons. The zero-order valence-corrected chi connectivity index (χ0v) is 10.7. The van der Waals surface area contributed by atoms with Crippen LogP contribution < -0.4 is 16.4 Å². The maximum atomic E-state index is 12.2. The largest absolute Gasteiger partial charge is 0.329 e. The van der Waals surface area contributed by atoms with Crippen LogP contribution in [0.3, 0.4) is 0 Å². The Bertz CT molecular complexity index is 544. The molecule has 0 bridgehead atoms. The van der Waals surface area contributed by atoms with Crippen molar-refractivity contribution < 1.29 is 9.59 Å². The molecular formula is C14H17N3O2. The zero-order chi connectivity index (χ0) is 13.5. The van der Waals surface area contributed by atoms with Crippen LogP contribution in [0.2, 0.25) is 0 Å². The van der Waals surface area contributed by atoms with Crippen molar-refractivity contribution in [1.82, 2.24) is 0 Å². The normalized spacial score (nSPS) is 19.3. The predicted molar refractivity (Wildman–Crippen MR) is 72.7 cm³/mol. The molecule has 2 aliphatic rings. The third-order valence-electron chi connectivity index (χ3n) is 4.17. The number of rotatable bonds is 3. The van der Waals surface area contributed by atoms with Crippen LogP contribution in [0, 0.1) is 5.41 Å². The first-order chi connectivity index (χ1) is 9.13. The van der Waals surface area contributed by atoms with E-state index in [1.807, 2.05) is 18.2 Å². The highest BCUT2D eigenvalue weighted by Crippen LogP contribution is 2.41. The van der Waals surface area contributed by atoms with Crippen LogP contribution in [0.15, 0.2) is 18.2 Å². The lowest BCUT2D eigenvalue weighted by molar-refractivity contribution is -0.129. The van der Waals surface area contributed by atoms with E-state index in [0.717, 1.165) is 36.2 Å². The van der Waals surface area contributed by atoms with E-state index in [-0.39, 0.29) is 17.2 Å². The fourth-order valence-electron chi connectivity index (χ4n) is 2.70. The smallest absolute Gasteiger partial charge is 0.231 e. The molecule has 0 aromatic heterocycles. The first-order valence-electron chi connectivity index (χ1n) is 6.57. The maximum Gasteiger partial charge on any atom is 0.231 e. The molecule has 0 spiro atoms. The molecule has 1 fully saturated rings. The lowest BCUT2D eigenvalue weighted by Gasteiger charge is -2.39. The number of carbonyl (C=O) groups excluding carboxylic acids is 2. The van der Waals surface area contributed by atoms with Crippen LogP contribution in [-0.4, -0.2) is 18.4 Å². The Labute approximate surface area is 111 Å². The second kappa shape index (κ2) is 4.35. The Kier molecular flexibility index (Phi) is 2.78. The first-order valence-corrected chi connectivity index (χ1v) is 6.57. The number of benzene rings is 1. The third-order valence-corrected chi connectivity index (χ3v) is 4.17. The Balaban J connectivity index is 1.76. The summed E-state index contributed by atoms with van der Waals surface area (Å²) in [6, 6.07) is 5.49. The van der Waals surface area contributed by atoms with E-state index in [2.05, 4.69) is 10.6 Å². The van der Waals surface area contributed by atoms with Gasteiger partial charge in [-0.2, -0.15) is 0 Å². The van der Waals surface area contributed by atoms with Gasteiger partial charge in [0.1, 0.15) is 0 Å². The van der Waals surface area contributed by atoms with Crippen molar-refractivity contribution in [3.05, 3.63) is 23.8 Å². The lowest BCUT2D eigenvalue weighted by atomic mass is 9.68. The summed E-state index contributed by atoms with van der Waals surface area (Å²) in [5.41, 5.74) is 7.83. The quantitative estimate of drug-likeness (QED) is 0.763. The van der Waals surface area contributed by atoms with Gasteiger partial charge in [0.05, 0.1) is 11.8 Å². The fourth-order valence-corrected chi connectivity index (χ4v) is 2.70. The average molecular weight is 259 g/mol. The molecule has 4 N–H and O–H groups in total. The van der Waals surface area contributed by atoms with Crippen molar-refractivity contribution in [3.8, 4) is 0 Å². The minimum atomic E-state index is -0.382. The van der Waals surface area contributed by atoms with Gasteiger partial charge in [0.15, 0.2) is 0 Å². The van der Waals surface area contributed by atoms with Crippen molar-refractivity contribution in [3.63, 3.8) is 0 Å². The number of fused-ring (bicyclic) bond motifs is 1. The average Bonchev–Trinajstić information content (AvgIpc) is 2.67. The summed E-state index contributed by atoms with van der Waals surface area (Å²) < 4.78 is 0. The number of amides is 2. The summed E-state index contributed by atoms with van der Waals surface area (Å²) in [6.07, 6.45) is 3.16. The number of anilines is 2. The monoisotopic (exact) mass is 259 g/mol. The highest BCUT2D eigenvalue weighted by Gasteiger charge is 2.42. The summed E-state index contributed by atoms with van der Waals surface area (Å²) in [5.74, 6) is -0.00520. The van der Waals surface area contributed by atoms with E-state index >= 15 is 0 Å². The second-order valence-electron chi connectivity index (χ2n) is 5.39. The molecule has 5 nitrogen and oxygen atoms in total. The molecule has 1 aromatic rings. The highest BCUT2D eigenvalue weighted by molar-refractivity contribution is 6.01. The van der Waals surface area contributed by atoms with Crippen LogP contribution in [0.4, 0.5) is 11.4 Å². The van der Waals surface area contributed by atoms with Gasteiger partial charge in [-0.25, -0.2) is 0 Å². The van der Waals surface area contributed by atoms with Gasteiger partial charge in [0.25, 0.3) is 0 Å². The first kappa shape index (κ1) is 12.2. The molecule has 3 rings (SSSR count). The van der Waals surface area contributed by atoms with Gasteiger partial charge >= 0.3 is 0 Å². The molecular weight excluding hydrogens is 242 g/mol. The SMILES string of the molecule is NCC1(C(=O)Nc2ccc3c(c2)CC(=O)N3)CCC1. The van der Waals surface area contributed by atoms with Crippen molar-refractivity contribution >= 4 is 23.2 Å². The summed E-state index contributed by atoms with van der Waals surface area (Å²) in [6.45, 7) is 0.393. The molecule has 1 heterocycles. The number of nitrogens with one attached hydrogen (secondary N) is 2. The second-order valence-corrected chi connectivity index (χ2v) is 5.39. The van der Waals surface area contributed by atoms with Crippen molar-refractivity contribution in [2.45, 2.75) is 25.7 Å². The molecule has 5 heteroatoms. The minimum absolute atomic E-state index is 0.00140. The van der Waals surface area contributed by atoms with Crippen LogP contribution in [0.25, 0.3) is 0 Å². The van der Waals surface area contributed by atoms with E-state index in [9.17, 15) is 9.59 Å². The standard InChI is InChI=1S/C14H17N3O2/c15-8-14(4-1-5-14)13(19)16-10-2-3-11-9(6-10)7-12(18)17-11/h2-3,6H,1,4-5,7-8,15H2,(H,16,19)(H,17,18). The van der Waals surface area contributed by atoms with Gasteiger partial charge < -0.3 is 16.4 Å². The van der Waals surface area contributed by atoms with Crippen LogP contribution in [-0.2, 0) is 16.0 Å². The molecule has 1 aliphatic carbocycles. The van der Waals surface area contributed by atoms with Gasteiger partial charge in [0, 0.05) is 17.9 Å². The molecule has 0 saturated heterocycles. The molecule has 2 amide bonds. The third kappa shape index (κ3) is 2.00. The summed E-state index contributed by atoms with van der Waals surface area (Å²) in [5, 5.41) is 5.69. The molecule has 0 unspecified atom stereocenters. The number of nitrogens with two attached hydrogens (primary N) is 1. The lowest BCUT2D eigenvalue weighted by Crippen LogP contribution is -2.47. The van der Waals surface area contributed by atoms with Crippen LogP contribution >= 0.6 is 0 Å². The van der Waals surface area contributed by atoms with E-state index in [1.54, 1.807) is 0 Å². The Hall–Kier alpha value is -1.88. The number of hydrogen-bond acceptors (Lipinski definition) is 3. The van der Waals surface area contributed by atoms with Gasteiger partial charge in [0.2, 0.25) is 11.8 Å². The van der Waals surface area contributed by atoms with Gasteiger partial charge in [-0.1, -0.05) is 6.42 Å². The van der Waals surface area contributed by atoms with E-state index < -0.39 is 0 Å². The van der Waals surface area contributed by atoms with Crippen molar-refractivity contribution in [1.29, 1.82) is 0 Å². The summed E-state index contributed by atoms with van der Waals surface area (Å²) in [4.78, 5) is 23.5. The van der Waals surface area contributed by atoms with E-state index in [4.69, 9.17) is 5.73 Å². The van der Waals surface area contributed by atoms with Gasteiger partial charge in [-0.15, -0.1) is 0 Å². The predicted octanol–water partition coefficient (Wildman–Crippen LogP) is 1.25.